The normalized spacial score (nSPS) is 16.4. The molecule has 4 rings (SSSR count). The highest BCUT2D eigenvalue weighted by Gasteiger charge is 2.27. The van der Waals surface area contributed by atoms with Crippen molar-refractivity contribution in [2.24, 2.45) is 5.92 Å². The van der Waals surface area contributed by atoms with Gasteiger partial charge in [-0.2, -0.15) is 0 Å². The molecule has 1 saturated heterocycles. The second-order valence-corrected chi connectivity index (χ2v) is 9.40. The Morgan fingerprint density at radius 3 is 2.39 bits per heavy atom. The summed E-state index contributed by atoms with van der Waals surface area (Å²) in [6.45, 7) is 2.04. The number of rotatable bonds is 6. The lowest BCUT2D eigenvalue weighted by atomic mass is 9.96. The molecular formula is C26H23Cl3N2O2. The zero-order valence-electron chi connectivity index (χ0n) is 17.9. The Kier molecular flexibility index (Phi) is 7.71. The number of ketones is 1. The predicted octanol–water partition coefficient (Wildman–Crippen LogP) is 6.73. The number of halogens is 3. The predicted molar refractivity (Wildman–Crippen MR) is 134 cm³/mol. The lowest BCUT2D eigenvalue weighted by Gasteiger charge is -2.32. The van der Waals surface area contributed by atoms with Gasteiger partial charge >= 0.3 is 0 Å². The largest absolute Gasteiger partial charge is 0.325 e. The van der Waals surface area contributed by atoms with E-state index >= 15 is 0 Å². The van der Waals surface area contributed by atoms with E-state index in [4.69, 9.17) is 34.8 Å². The average molecular weight is 502 g/mol. The van der Waals surface area contributed by atoms with E-state index in [2.05, 4.69) is 10.2 Å². The molecule has 0 spiro atoms. The van der Waals surface area contributed by atoms with E-state index in [0.29, 0.717) is 45.0 Å². The van der Waals surface area contributed by atoms with Gasteiger partial charge in [-0.25, -0.2) is 0 Å². The van der Waals surface area contributed by atoms with Crippen LogP contribution in [0.4, 0.5) is 5.69 Å². The standard InChI is InChI=1S/C26H23Cl3N2O2/c27-19-11-12-24(20(14-19)25(32)17-6-2-1-3-7-17)30-26(33)18-8-5-13-31(15-18)16-21-22(28)9-4-10-23(21)29/h1-4,6-7,9-12,14,18H,5,8,13,15-16H2,(H,30,33)/t18-/m1/s1. The van der Waals surface area contributed by atoms with Crippen LogP contribution in [0.1, 0.15) is 34.3 Å². The summed E-state index contributed by atoms with van der Waals surface area (Å²) >= 11 is 18.8. The van der Waals surface area contributed by atoms with Crippen molar-refractivity contribution in [3.8, 4) is 0 Å². The van der Waals surface area contributed by atoms with Crippen LogP contribution in [0, 0.1) is 5.92 Å². The van der Waals surface area contributed by atoms with Gasteiger partial charge in [0.15, 0.2) is 5.78 Å². The van der Waals surface area contributed by atoms with E-state index in [0.717, 1.165) is 24.9 Å². The van der Waals surface area contributed by atoms with Gasteiger partial charge in [-0.05, 0) is 49.7 Å². The summed E-state index contributed by atoms with van der Waals surface area (Å²) in [7, 11) is 0. The van der Waals surface area contributed by atoms with Gasteiger partial charge in [0, 0.05) is 44.8 Å². The van der Waals surface area contributed by atoms with E-state index in [1.165, 1.54) is 0 Å². The number of nitrogens with zero attached hydrogens (tertiary/aromatic N) is 1. The molecule has 7 heteroatoms. The Morgan fingerprint density at radius 1 is 0.939 bits per heavy atom. The maximum Gasteiger partial charge on any atom is 0.228 e. The minimum atomic E-state index is -0.213. The van der Waals surface area contributed by atoms with Crippen molar-refractivity contribution in [3.63, 3.8) is 0 Å². The molecule has 170 valence electrons. The number of amides is 1. The quantitative estimate of drug-likeness (QED) is 0.381. The number of hydrogen-bond donors (Lipinski definition) is 1. The lowest BCUT2D eigenvalue weighted by molar-refractivity contribution is -0.121. The Bertz CT molecular complexity index is 1150. The van der Waals surface area contributed by atoms with Crippen molar-refractivity contribution >= 4 is 52.2 Å². The molecule has 3 aromatic carbocycles. The third-order valence-electron chi connectivity index (χ3n) is 5.84. The molecule has 0 aromatic heterocycles. The second-order valence-electron chi connectivity index (χ2n) is 8.15. The van der Waals surface area contributed by atoms with Crippen LogP contribution in [0.3, 0.4) is 0 Å². The van der Waals surface area contributed by atoms with Crippen LogP contribution in [-0.4, -0.2) is 29.7 Å². The van der Waals surface area contributed by atoms with Crippen LogP contribution in [0.25, 0.3) is 0 Å². The highest BCUT2D eigenvalue weighted by molar-refractivity contribution is 6.36. The molecule has 1 fully saturated rings. The summed E-state index contributed by atoms with van der Waals surface area (Å²) in [5, 5.41) is 4.65. The summed E-state index contributed by atoms with van der Waals surface area (Å²) in [6, 6.07) is 19.4. The van der Waals surface area contributed by atoms with Crippen molar-refractivity contribution in [2.75, 3.05) is 18.4 Å². The van der Waals surface area contributed by atoms with Crippen molar-refractivity contribution in [3.05, 3.63) is 98.5 Å². The zero-order valence-corrected chi connectivity index (χ0v) is 20.1. The molecule has 0 unspecified atom stereocenters. The Hall–Kier alpha value is -2.37. The first-order valence-electron chi connectivity index (χ1n) is 10.8. The van der Waals surface area contributed by atoms with Crippen molar-refractivity contribution in [1.29, 1.82) is 0 Å². The first kappa shape index (κ1) is 23.8. The maximum atomic E-state index is 13.2. The number of carbonyl (C=O) groups is 2. The van der Waals surface area contributed by atoms with Crippen LogP contribution in [0.2, 0.25) is 15.1 Å². The van der Waals surface area contributed by atoms with Crippen LogP contribution in [-0.2, 0) is 11.3 Å². The van der Waals surface area contributed by atoms with Gasteiger partial charge in [-0.1, -0.05) is 71.2 Å². The molecule has 0 bridgehead atoms. The lowest BCUT2D eigenvalue weighted by Crippen LogP contribution is -2.40. The molecular weight excluding hydrogens is 479 g/mol. The number of anilines is 1. The molecule has 1 aliphatic heterocycles. The molecule has 0 saturated carbocycles. The Labute approximate surface area is 208 Å². The van der Waals surface area contributed by atoms with E-state index in [1.54, 1.807) is 42.5 Å². The van der Waals surface area contributed by atoms with E-state index < -0.39 is 0 Å². The highest BCUT2D eigenvalue weighted by Crippen LogP contribution is 2.29. The van der Waals surface area contributed by atoms with Gasteiger partial charge in [0.1, 0.15) is 0 Å². The number of likely N-dealkylation sites (tertiary alicyclic amines) is 1. The number of hydrogen-bond acceptors (Lipinski definition) is 3. The minimum Gasteiger partial charge on any atom is -0.325 e. The number of benzene rings is 3. The molecule has 1 aliphatic rings. The first-order valence-corrected chi connectivity index (χ1v) is 11.9. The van der Waals surface area contributed by atoms with Gasteiger partial charge in [-0.3, -0.25) is 14.5 Å². The highest BCUT2D eigenvalue weighted by atomic mass is 35.5. The monoisotopic (exact) mass is 500 g/mol. The number of piperidine rings is 1. The molecule has 0 radical (unpaired) electrons. The van der Waals surface area contributed by atoms with E-state index in [1.807, 2.05) is 24.3 Å². The van der Waals surface area contributed by atoms with E-state index in [-0.39, 0.29) is 17.6 Å². The summed E-state index contributed by atoms with van der Waals surface area (Å²) in [5.74, 6) is -0.517. The number of nitrogens with one attached hydrogen (secondary N) is 1. The van der Waals surface area contributed by atoms with Crippen LogP contribution < -0.4 is 5.32 Å². The molecule has 1 atom stereocenters. The molecule has 1 amide bonds. The third-order valence-corrected chi connectivity index (χ3v) is 6.78. The average Bonchev–Trinajstić information content (AvgIpc) is 2.83. The SMILES string of the molecule is O=C(c1ccccc1)c1cc(Cl)ccc1NC(=O)[C@@H]1CCCN(Cc2c(Cl)cccc2Cl)C1. The van der Waals surface area contributed by atoms with Crippen molar-refractivity contribution in [1.82, 2.24) is 4.90 Å². The fraction of sp³-hybridized carbons (Fsp3) is 0.231. The third kappa shape index (κ3) is 5.77. The van der Waals surface area contributed by atoms with Gasteiger partial charge < -0.3 is 5.32 Å². The van der Waals surface area contributed by atoms with Gasteiger partial charge in [-0.15, -0.1) is 0 Å². The second kappa shape index (κ2) is 10.7. The summed E-state index contributed by atoms with van der Waals surface area (Å²) in [5.41, 5.74) is 2.24. The van der Waals surface area contributed by atoms with Crippen LogP contribution >= 0.6 is 34.8 Å². The topological polar surface area (TPSA) is 49.4 Å². The van der Waals surface area contributed by atoms with Crippen LogP contribution in [0.15, 0.2) is 66.7 Å². The molecule has 4 nitrogen and oxygen atoms in total. The van der Waals surface area contributed by atoms with Crippen molar-refractivity contribution < 1.29 is 9.59 Å². The smallest absolute Gasteiger partial charge is 0.228 e. The van der Waals surface area contributed by atoms with Gasteiger partial charge in [0.05, 0.1) is 11.6 Å². The van der Waals surface area contributed by atoms with Gasteiger partial charge in [0.2, 0.25) is 5.91 Å². The summed E-state index contributed by atoms with van der Waals surface area (Å²) < 4.78 is 0. The molecule has 1 heterocycles. The van der Waals surface area contributed by atoms with Gasteiger partial charge in [0.25, 0.3) is 0 Å². The Morgan fingerprint density at radius 2 is 1.67 bits per heavy atom. The zero-order chi connectivity index (χ0) is 23.4. The molecule has 0 aliphatic carbocycles. The molecule has 1 N–H and O–H groups in total. The minimum absolute atomic E-state index is 0.116. The van der Waals surface area contributed by atoms with E-state index in [9.17, 15) is 9.59 Å². The fourth-order valence-electron chi connectivity index (χ4n) is 4.11. The maximum absolute atomic E-state index is 13.2. The summed E-state index contributed by atoms with van der Waals surface area (Å²) in [6.07, 6.45) is 1.66. The molecule has 33 heavy (non-hydrogen) atoms. The molecule has 3 aromatic rings. The van der Waals surface area contributed by atoms with Crippen molar-refractivity contribution in [2.45, 2.75) is 19.4 Å². The van der Waals surface area contributed by atoms with Crippen LogP contribution in [0.5, 0.6) is 0 Å². The first-order chi connectivity index (χ1) is 15.9. The number of carbonyl (C=O) groups excluding carboxylic acids is 2. The summed E-state index contributed by atoms with van der Waals surface area (Å²) in [4.78, 5) is 28.4. The fourth-order valence-corrected chi connectivity index (χ4v) is 4.80. The Balaban J connectivity index is 1.49.